The lowest BCUT2D eigenvalue weighted by Gasteiger charge is -2.20. The van der Waals surface area contributed by atoms with Crippen LogP contribution in [0.4, 0.5) is 5.69 Å². The Kier molecular flexibility index (Phi) is 3.61. The fraction of sp³-hybridized carbons (Fsp3) is 0.500. The van der Waals surface area contributed by atoms with Crippen LogP contribution in [-0.4, -0.2) is 50.8 Å². The third kappa shape index (κ3) is 2.36. The van der Waals surface area contributed by atoms with Gasteiger partial charge in [0.05, 0.1) is 5.69 Å². The summed E-state index contributed by atoms with van der Waals surface area (Å²) in [6.07, 6.45) is 0.860. The van der Waals surface area contributed by atoms with Crippen molar-refractivity contribution in [2.45, 2.75) is 17.4 Å². The van der Waals surface area contributed by atoms with Gasteiger partial charge in [0, 0.05) is 19.1 Å². The van der Waals surface area contributed by atoms with Crippen LogP contribution >= 0.6 is 0 Å². The summed E-state index contributed by atoms with van der Waals surface area (Å²) in [5.41, 5.74) is 6.06. The summed E-state index contributed by atoms with van der Waals surface area (Å²) in [5.74, 6) is 0. The van der Waals surface area contributed by atoms with E-state index in [1.807, 2.05) is 14.1 Å². The predicted octanol–water partition coefficient (Wildman–Crippen LogP) is 0.593. The average molecular weight is 269 g/mol. The van der Waals surface area contributed by atoms with Gasteiger partial charge in [0.15, 0.2) is 0 Å². The normalized spacial score (nSPS) is 21.6. The fourth-order valence-corrected chi connectivity index (χ4v) is 3.81. The average Bonchev–Trinajstić information content (AvgIpc) is 2.79. The molecule has 0 unspecified atom stereocenters. The van der Waals surface area contributed by atoms with Crippen molar-refractivity contribution in [3.63, 3.8) is 0 Å². The molecule has 0 saturated carbocycles. The number of rotatable bonds is 3. The molecule has 5 nitrogen and oxygen atoms in total. The molecule has 0 aliphatic carbocycles. The lowest BCUT2D eigenvalue weighted by atomic mass is 10.2. The minimum absolute atomic E-state index is 0.212. The molecule has 100 valence electrons. The molecular weight excluding hydrogens is 250 g/mol. The third-order valence-corrected chi connectivity index (χ3v) is 5.33. The number of benzene rings is 1. The molecule has 18 heavy (non-hydrogen) atoms. The highest BCUT2D eigenvalue weighted by Crippen LogP contribution is 2.26. The molecule has 6 heteroatoms. The van der Waals surface area contributed by atoms with Crippen LogP contribution in [0.3, 0.4) is 0 Å². The van der Waals surface area contributed by atoms with Gasteiger partial charge in [-0.05, 0) is 32.6 Å². The van der Waals surface area contributed by atoms with Gasteiger partial charge in [-0.15, -0.1) is 0 Å². The van der Waals surface area contributed by atoms with Crippen molar-refractivity contribution < 1.29 is 8.42 Å². The molecule has 1 atom stereocenters. The van der Waals surface area contributed by atoms with E-state index in [4.69, 9.17) is 5.73 Å². The van der Waals surface area contributed by atoms with E-state index in [2.05, 4.69) is 4.90 Å². The van der Waals surface area contributed by atoms with E-state index in [9.17, 15) is 8.42 Å². The molecule has 0 radical (unpaired) electrons. The summed E-state index contributed by atoms with van der Waals surface area (Å²) < 4.78 is 26.4. The van der Waals surface area contributed by atoms with Gasteiger partial charge in [0.25, 0.3) is 0 Å². The zero-order chi connectivity index (χ0) is 13.3. The molecule has 1 saturated heterocycles. The molecular formula is C12H19N3O2S. The Bertz CT molecular complexity index is 528. The molecule has 1 aliphatic heterocycles. The first-order chi connectivity index (χ1) is 8.43. The van der Waals surface area contributed by atoms with Crippen molar-refractivity contribution >= 4 is 15.7 Å². The molecule has 1 fully saturated rings. The van der Waals surface area contributed by atoms with Gasteiger partial charge >= 0.3 is 0 Å². The topological polar surface area (TPSA) is 66.6 Å². The maximum absolute atomic E-state index is 12.5. The standard InChI is InChI=1S/C12H19N3O2S/c1-14(2)10-7-8-15(9-10)18(16,17)12-6-4-3-5-11(12)13/h3-6,10H,7-9,13H2,1-2H3/t10-/m1/s1. The Morgan fingerprint density at radius 3 is 2.56 bits per heavy atom. The molecule has 1 heterocycles. The Morgan fingerprint density at radius 1 is 1.33 bits per heavy atom. The summed E-state index contributed by atoms with van der Waals surface area (Å²) in [6.45, 7) is 1.09. The van der Waals surface area contributed by atoms with Crippen molar-refractivity contribution in [1.82, 2.24) is 9.21 Å². The summed E-state index contributed by atoms with van der Waals surface area (Å²) in [4.78, 5) is 2.27. The zero-order valence-electron chi connectivity index (χ0n) is 10.7. The van der Waals surface area contributed by atoms with E-state index in [0.29, 0.717) is 18.8 Å². The van der Waals surface area contributed by atoms with E-state index >= 15 is 0 Å². The number of sulfonamides is 1. The fourth-order valence-electron chi connectivity index (χ4n) is 2.20. The lowest BCUT2D eigenvalue weighted by Crippen LogP contribution is -2.34. The number of nitrogen functional groups attached to an aromatic ring is 1. The number of nitrogens with zero attached hydrogens (tertiary/aromatic N) is 2. The van der Waals surface area contributed by atoms with Crippen molar-refractivity contribution in [2.24, 2.45) is 0 Å². The van der Waals surface area contributed by atoms with Crippen LogP contribution in [0.25, 0.3) is 0 Å². The van der Waals surface area contributed by atoms with Gasteiger partial charge in [-0.25, -0.2) is 8.42 Å². The van der Waals surface area contributed by atoms with Crippen molar-refractivity contribution in [3.8, 4) is 0 Å². The first kappa shape index (κ1) is 13.3. The van der Waals surface area contributed by atoms with Gasteiger partial charge < -0.3 is 10.6 Å². The number of nitrogens with two attached hydrogens (primary N) is 1. The Balaban J connectivity index is 2.26. The first-order valence-corrected chi connectivity index (χ1v) is 7.38. The number of hydrogen-bond donors (Lipinski definition) is 1. The Labute approximate surface area is 108 Å². The van der Waals surface area contributed by atoms with Crippen LogP contribution in [0.5, 0.6) is 0 Å². The SMILES string of the molecule is CN(C)[C@@H]1CCN(S(=O)(=O)c2ccccc2N)C1. The van der Waals surface area contributed by atoms with Crippen molar-refractivity contribution in [2.75, 3.05) is 32.9 Å². The predicted molar refractivity (Wildman–Crippen MR) is 71.7 cm³/mol. The van der Waals surface area contributed by atoms with Crippen LogP contribution in [0.15, 0.2) is 29.2 Å². The van der Waals surface area contributed by atoms with E-state index in [1.54, 1.807) is 24.3 Å². The van der Waals surface area contributed by atoms with Crippen LogP contribution in [0.1, 0.15) is 6.42 Å². The number of hydrogen-bond acceptors (Lipinski definition) is 4. The summed E-state index contributed by atoms with van der Waals surface area (Å²) >= 11 is 0. The molecule has 2 N–H and O–H groups in total. The van der Waals surface area contributed by atoms with E-state index in [0.717, 1.165) is 6.42 Å². The molecule has 1 aromatic rings. The second-order valence-corrected chi connectivity index (χ2v) is 6.71. The smallest absolute Gasteiger partial charge is 0.245 e. The summed E-state index contributed by atoms with van der Waals surface area (Å²) in [5, 5.41) is 0. The monoisotopic (exact) mass is 269 g/mol. The maximum Gasteiger partial charge on any atom is 0.245 e. The summed E-state index contributed by atoms with van der Waals surface area (Å²) in [6, 6.07) is 6.90. The number of anilines is 1. The van der Waals surface area contributed by atoms with E-state index in [-0.39, 0.29) is 10.9 Å². The van der Waals surface area contributed by atoms with E-state index < -0.39 is 10.0 Å². The number of likely N-dealkylation sites (N-methyl/N-ethyl adjacent to an activating group) is 1. The van der Waals surface area contributed by atoms with E-state index in [1.165, 1.54) is 4.31 Å². The largest absolute Gasteiger partial charge is 0.398 e. The maximum atomic E-state index is 12.5. The highest BCUT2D eigenvalue weighted by molar-refractivity contribution is 7.89. The number of para-hydroxylation sites is 1. The Morgan fingerprint density at radius 2 is 2.00 bits per heavy atom. The quantitative estimate of drug-likeness (QED) is 0.816. The highest BCUT2D eigenvalue weighted by Gasteiger charge is 2.34. The molecule has 2 rings (SSSR count). The van der Waals surface area contributed by atoms with Gasteiger partial charge in [-0.2, -0.15) is 4.31 Å². The van der Waals surface area contributed by atoms with Gasteiger partial charge in [-0.3, -0.25) is 0 Å². The second-order valence-electron chi connectivity index (χ2n) is 4.81. The van der Waals surface area contributed by atoms with Crippen LogP contribution in [-0.2, 0) is 10.0 Å². The minimum Gasteiger partial charge on any atom is -0.398 e. The summed E-state index contributed by atoms with van der Waals surface area (Å²) in [7, 11) is 0.486. The van der Waals surface area contributed by atoms with Gasteiger partial charge in [-0.1, -0.05) is 12.1 Å². The van der Waals surface area contributed by atoms with Crippen molar-refractivity contribution in [1.29, 1.82) is 0 Å². The van der Waals surface area contributed by atoms with Crippen molar-refractivity contribution in [3.05, 3.63) is 24.3 Å². The minimum atomic E-state index is -3.45. The van der Waals surface area contributed by atoms with Crippen LogP contribution in [0.2, 0.25) is 0 Å². The lowest BCUT2D eigenvalue weighted by molar-refractivity contribution is 0.302. The third-order valence-electron chi connectivity index (χ3n) is 3.39. The second kappa shape index (κ2) is 4.87. The van der Waals surface area contributed by atoms with Gasteiger partial charge in [0.1, 0.15) is 4.90 Å². The molecule has 1 aliphatic rings. The Hall–Kier alpha value is -1.11. The van der Waals surface area contributed by atoms with Gasteiger partial charge in [0.2, 0.25) is 10.0 Å². The van der Waals surface area contributed by atoms with Crippen LogP contribution < -0.4 is 5.73 Å². The molecule has 0 aromatic heterocycles. The molecule has 1 aromatic carbocycles. The van der Waals surface area contributed by atoms with Crippen LogP contribution in [0, 0.1) is 0 Å². The highest BCUT2D eigenvalue weighted by atomic mass is 32.2. The molecule has 0 bridgehead atoms. The molecule has 0 amide bonds. The molecule has 0 spiro atoms. The zero-order valence-corrected chi connectivity index (χ0v) is 11.5. The first-order valence-electron chi connectivity index (χ1n) is 5.94.